The second kappa shape index (κ2) is 46.2. The van der Waals surface area contributed by atoms with Gasteiger partial charge < -0.3 is 25.2 Å². The second-order valence-electron chi connectivity index (χ2n) is 17.3. The summed E-state index contributed by atoms with van der Waals surface area (Å²) in [4.78, 5) is 46.1. The van der Waals surface area contributed by atoms with Gasteiger partial charge in [-0.2, -0.15) is 0 Å². The van der Waals surface area contributed by atoms with Gasteiger partial charge in [-0.05, 0) is 51.4 Å². The highest BCUT2D eigenvalue weighted by molar-refractivity contribution is 7.47. The van der Waals surface area contributed by atoms with E-state index in [9.17, 15) is 23.8 Å². The fraction of sp³-hybridized carbons (Fsp3) is 0.824. The van der Waals surface area contributed by atoms with Crippen LogP contribution in [0.3, 0.4) is 0 Å². The van der Waals surface area contributed by atoms with Crippen molar-refractivity contribution in [3.05, 3.63) is 36.5 Å². The predicted octanol–water partition coefficient (Wildman–Crippen LogP) is 14.3. The number of aliphatic carboxylic acids is 1. The molecule has 0 aromatic rings. The van der Waals surface area contributed by atoms with Crippen molar-refractivity contribution in [1.82, 2.24) is 0 Å². The second-order valence-corrected chi connectivity index (χ2v) is 18.8. The molecule has 0 aliphatic heterocycles. The Kier molecular flexibility index (Phi) is 44.5. The molecule has 0 heterocycles. The molecule has 4 N–H and O–H groups in total. The lowest BCUT2D eigenvalue weighted by Crippen LogP contribution is -2.34. The van der Waals surface area contributed by atoms with Gasteiger partial charge in [-0.3, -0.25) is 23.4 Å². The summed E-state index contributed by atoms with van der Waals surface area (Å²) < 4.78 is 32.8. The molecule has 12 heteroatoms. The molecule has 63 heavy (non-hydrogen) atoms. The largest absolute Gasteiger partial charge is 0.480 e. The van der Waals surface area contributed by atoms with E-state index in [1.807, 2.05) is 0 Å². The van der Waals surface area contributed by atoms with Crippen molar-refractivity contribution < 1.29 is 47.5 Å². The Hall–Kier alpha value is -2.30. The van der Waals surface area contributed by atoms with E-state index in [-0.39, 0.29) is 19.4 Å². The molecular formula is C51H94NO10P. The van der Waals surface area contributed by atoms with Gasteiger partial charge in [0.2, 0.25) is 0 Å². The molecule has 0 saturated heterocycles. The minimum Gasteiger partial charge on any atom is -0.480 e. The van der Waals surface area contributed by atoms with Crippen LogP contribution < -0.4 is 5.73 Å². The first-order valence-corrected chi connectivity index (χ1v) is 27.0. The zero-order valence-corrected chi connectivity index (χ0v) is 41.1. The van der Waals surface area contributed by atoms with Gasteiger partial charge >= 0.3 is 25.7 Å². The summed E-state index contributed by atoms with van der Waals surface area (Å²) in [6.07, 6.45) is 52.1. The first-order valence-electron chi connectivity index (χ1n) is 25.5. The first kappa shape index (κ1) is 60.7. The number of nitrogens with two attached hydrogens (primary N) is 1. The normalized spacial score (nSPS) is 13.8. The number of carbonyl (C=O) groups excluding carboxylic acids is 2. The molecule has 0 aliphatic carbocycles. The van der Waals surface area contributed by atoms with Crippen LogP contribution in [0.2, 0.25) is 0 Å². The average molecular weight is 912 g/mol. The number of phosphoric ester groups is 1. The molecule has 368 valence electrons. The summed E-state index contributed by atoms with van der Waals surface area (Å²) in [5.41, 5.74) is 5.35. The zero-order valence-electron chi connectivity index (χ0n) is 40.2. The molecule has 0 aromatic carbocycles. The van der Waals surface area contributed by atoms with Crippen molar-refractivity contribution in [2.24, 2.45) is 5.73 Å². The van der Waals surface area contributed by atoms with Crippen LogP contribution >= 0.6 is 7.82 Å². The number of esters is 2. The highest BCUT2D eigenvalue weighted by Crippen LogP contribution is 2.43. The van der Waals surface area contributed by atoms with E-state index in [0.29, 0.717) is 12.8 Å². The van der Waals surface area contributed by atoms with Crippen LogP contribution in [0.5, 0.6) is 0 Å². The van der Waals surface area contributed by atoms with Crippen LogP contribution in [0, 0.1) is 0 Å². The standard InChI is InChI=1S/C51H94NO10P/c1-3-5-7-9-11-13-15-17-19-21-22-23-24-25-27-28-30-32-34-36-38-40-42-49(53)59-44-47(45-60-63(57,58)61-46-48(52)51(55)56)62-50(54)43-41-39-37-35-33-31-29-26-20-18-16-14-12-10-8-6-4-2/h12,14,18,20,29,31,47-48H,3-11,13,15-17,19,21-28,30,32-46,52H2,1-2H3,(H,55,56)(H,57,58)/b14-12+,20-18+,31-29+/t47-,48+/m0/s1. The Morgan fingerprint density at radius 2 is 0.841 bits per heavy atom. The number of carboxylic acid groups (broad SMARTS) is 1. The van der Waals surface area contributed by atoms with Crippen molar-refractivity contribution in [2.45, 2.75) is 251 Å². The molecule has 0 radical (unpaired) electrons. The lowest BCUT2D eigenvalue weighted by Gasteiger charge is -2.20. The van der Waals surface area contributed by atoms with Crippen LogP contribution in [-0.4, -0.2) is 59.9 Å². The van der Waals surface area contributed by atoms with Crippen molar-refractivity contribution in [3.8, 4) is 0 Å². The van der Waals surface area contributed by atoms with Crippen LogP contribution in [0.1, 0.15) is 239 Å². The molecule has 0 aromatic heterocycles. The number of hydrogen-bond acceptors (Lipinski definition) is 9. The fourth-order valence-corrected chi connectivity index (χ4v) is 7.91. The summed E-state index contributed by atoms with van der Waals surface area (Å²) in [7, 11) is -4.73. The minimum absolute atomic E-state index is 0.137. The topological polar surface area (TPSA) is 172 Å². The molecule has 0 amide bonds. The Morgan fingerprint density at radius 1 is 0.492 bits per heavy atom. The van der Waals surface area contributed by atoms with E-state index in [1.54, 1.807) is 0 Å². The monoisotopic (exact) mass is 912 g/mol. The van der Waals surface area contributed by atoms with E-state index >= 15 is 0 Å². The number of phosphoric acid groups is 1. The van der Waals surface area contributed by atoms with E-state index < -0.39 is 51.1 Å². The Bertz CT molecular complexity index is 1210. The van der Waals surface area contributed by atoms with Gasteiger partial charge in [0.05, 0.1) is 13.2 Å². The van der Waals surface area contributed by atoms with Crippen molar-refractivity contribution in [3.63, 3.8) is 0 Å². The number of rotatable bonds is 48. The van der Waals surface area contributed by atoms with Crippen molar-refractivity contribution in [2.75, 3.05) is 19.8 Å². The number of unbranched alkanes of at least 4 members (excludes halogenated alkanes) is 28. The highest BCUT2D eigenvalue weighted by Gasteiger charge is 2.28. The smallest absolute Gasteiger partial charge is 0.472 e. The van der Waals surface area contributed by atoms with Crippen LogP contribution in [0.15, 0.2) is 36.5 Å². The summed E-state index contributed by atoms with van der Waals surface area (Å²) in [5, 5.41) is 8.92. The van der Waals surface area contributed by atoms with Crippen molar-refractivity contribution >= 4 is 25.7 Å². The molecule has 3 atom stereocenters. The lowest BCUT2D eigenvalue weighted by atomic mass is 10.0. The van der Waals surface area contributed by atoms with Gasteiger partial charge in [-0.25, -0.2) is 4.57 Å². The maximum absolute atomic E-state index is 12.7. The molecule has 0 rings (SSSR count). The third kappa shape index (κ3) is 46.0. The minimum atomic E-state index is -4.73. The molecule has 0 bridgehead atoms. The van der Waals surface area contributed by atoms with Crippen molar-refractivity contribution in [1.29, 1.82) is 0 Å². The van der Waals surface area contributed by atoms with Gasteiger partial charge in [0.15, 0.2) is 6.10 Å². The molecule has 0 fully saturated rings. The number of hydrogen-bond donors (Lipinski definition) is 3. The average Bonchev–Trinajstić information content (AvgIpc) is 3.26. The Balaban J connectivity index is 4.24. The Morgan fingerprint density at radius 3 is 1.29 bits per heavy atom. The molecule has 1 unspecified atom stereocenters. The third-order valence-corrected chi connectivity index (χ3v) is 12.1. The maximum Gasteiger partial charge on any atom is 0.472 e. The van der Waals surface area contributed by atoms with Gasteiger partial charge in [-0.1, -0.05) is 211 Å². The van der Waals surface area contributed by atoms with Gasteiger partial charge in [-0.15, -0.1) is 0 Å². The summed E-state index contributed by atoms with van der Waals surface area (Å²) in [6, 6.07) is -1.53. The fourth-order valence-electron chi connectivity index (χ4n) is 7.13. The zero-order chi connectivity index (χ0) is 46.3. The quantitative estimate of drug-likeness (QED) is 0.0230. The molecule has 11 nitrogen and oxygen atoms in total. The maximum atomic E-state index is 12.7. The number of allylic oxidation sites excluding steroid dienone is 6. The summed E-state index contributed by atoms with van der Waals surface area (Å²) in [6.45, 7) is 2.79. The van der Waals surface area contributed by atoms with E-state index in [4.69, 9.17) is 24.8 Å². The van der Waals surface area contributed by atoms with Gasteiger partial charge in [0.1, 0.15) is 12.6 Å². The number of ether oxygens (including phenoxy) is 2. The van der Waals surface area contributed by atoms with Gasteiger partial charge in [0.25, 0.3) is 0 Å². The van der Waals surface area contributed by atoms with E-state index in [2.05, 4.69) is 54.8 Å². The lowest BCUT2D eigenvalue weighted by molar-refractivity contribution is -0.161. The Labute approximate surface area is 384 Å². The molecule has 0 spiro atoms. The molecule has 0 aliphatic rings. The van der Waals surface area contributed by atoms with Crippen LogP contribution in [0.4, 0.5) is 0 Å². The van der Waals surface area contributed by atoms with Gasteiger partial charge in [0, 0.05) is 12.8 Å². The van der Waals surface area contributed by atoms with Crippen LogP contribution in [-0.2, 0) is 37.5 Å². The summed E-state index contributed by atoms with van der Waals surface area (Å²) in [5.74, 6) is -2.39. The summed E-state index contributed by atoms with van der Waals surface area (Å²) >= 11 is 0. The van der Waals surface area contributed by atoms with Crippen LogP contribution in [0.25, 0.3) is 0 Å². The third-order valence-electron chi connectivity index (χ3n) is 11.1. The molecular weight excluding hydrogens is 818 g/mol. The SMILES string of the molecule is CCCCC/C=C/C/C=C/C/C=C/CCCCCCC(=O)O[C@@H](COC(=O)CCCCCCCCCCCCCCCCCCCCCCCC)COP(=O)(O)OC[C@@H](N)C(=O)O. The number of carboxylic acids is 1. The van der Waals surface area contributed by atoms with E-state index in [0.717, 1.165) is 64.2 Å². The molecule has 0 saturated carbocycles. The predicted molar refractivity (Wildman–Crippen MR) is 259 cm³/mol. The first-order chi connectivity index (χ1) is 30.6. The van der Waals surface area contributed by atoms with E-state index in [1.165, 1.54) is 135 Å². The number of carbonyl (C=O) groups is 3. The highest BCUT2D eigenvalue weighted by atomic mass is 31.2.